The van der Waals surface area contributed by atoms with Gasteiger partial charge in [0, 0.05) is 5.02 Å². The Balaban J connectivity index is 2.56. The van der Waals surface area contributed by atoms with Crippen molar-refractivity contribution in [2.45, 2.75) is 0 Å². The molecule has 0 heterocycles. The highest BCUT2D eigenvalue weighted by atomic mass is 35.5. The van der Waals surface area contributed by atoms with Crippen molar-refractivity contribution in [1.29, 1.82) is 0 Å². The number of carboxylic acid groups (broad SMARTS) is 1. The monoisotopic (exact) mass is 248 g/mol. The molecule has 17 heavy (non-hydrogen) atoms. The molecule has 0 bridgehead atoms. The van der Waals surface area contributed by atoms with Crippen molar-refractivity contribution in [1.82, 2.24) is 0 Å². The van der Waals surface area contributed by atoms with Crippen molar-refractivity contribution in [3.05, 3.63) is 53.1 Å². The summed E-state index contributed by atoms with van der Waals surface area (Å²) in [4.78, 5) is 10.9. The Kier molecular flexibility index (Phi) is 3.02. The maximum atomic E-state index is 10.9. The number of hydrogen-bond acceptors (Lipinski definition) is 2. The predicted octanol–water partition coefficient (Wildman–Crippen LogP) is 3.41. The molecule has 2 aromatic carbocycles. The fourth-order valence-corrected chi connectivity index (χ4v) is 1.76. The Bertz CT molecular complexity index is 579. The average molecular weight is 249 g/mol. The zero-order valence-corrected chi connectivity index (χ0v) is 9.48. The van der Waals surface area contributed by atoms with Crippen LogP contribution in [-0.4, -0.2) is 16.2 Å². The third-order valence-electron chi connectivity index (χ3n) is 2.32. The van der Waals surface area contributed by atoms with Gasteiger partial charge in [0.25, 0.3) is 0 Å². The molecule has 0 unspecified atom stereocenters. The molecule has 0 aliphatic carbocycles. The molecule has 0 spiro atoms. The first-order valence-corrected chi connectivity index (χ1v) is 5.27. The van der Waals surface area contributed by atoms with E-state index in [1.54, 1.807) is 24.3 Å². The Morgan fingerprint density at radius 2 is 1.82 bits per heavy atom. The van der Waals surface area contributed by atoms with E-state index in [0.717, 1.165) is 5.56 Å². The smallest absolute Gasteiger partial charge is 0.335 e. The van der Waals surface area contributed by atoms with Crippen molar-refractivity contribution in [2.24, 2.45) is 0 Å². The number of phenols is 1. The minimum Gasteiger partial charge on any atom is -0.508 e. The van der Waals surface area contributed by atoms with Crippen molar-refractivity contribution in [3.8, 4) is 16.9 Å². The van der Waals surface area contributed by atoms with E-state index in [1.165, 1.54) is 18.2 Å². The van der Waals surface area contributed by atoms with Crippen molar-refractivity contribution in [3.63, 3.8) is 0 Å². The number of rotatable bonds is 2. The number of carboxylic acids is 1. The SMILES string of the molecule is O=C(O)c1cc(O)cc(-c2cccc(Cl)c2)c1. The molecule has 0 fully saturated rings. The van der Waals surface area contributed by atoms with E-state index in [-0.39, 0.29) is 11.3 Å². The van der Waals surface area contributed by atoms with Gasteiger partial charge in [-0.1, -0.05) is 23.7 Å². The van der Waals surface area contributed by atoms with Gasteiger partial charge >= 0.3 is 5.97 Å². The molecule has 0 aliphatic heterocycles. The molecule has 0 amide bonds. The topological polar surface area (TPSA) is 57.5 Å². The van der Waals surface area contributed by atoms with E-state index in [4.69, 9.17) is 16.7 Å². The first kappa shape index (κ1) is 11.5. The molecule has 2 rings (SSSR count). The minimum atomic E-state index is -1.08. The van der Waals surface area contributed by atoms with Gasteiger partial charge in [-0.2, -0.15) is 0 Å². The van der Waals surface area contributed by atoms with E-state index in [1.807, 2.05) is 0 Å². The lowest BCUT2D eigenvalue weighted by Gasteiger charge is -2.05. The summed E-state index contributed by atoms with van der Waals surface area (Å²) in [5.74, 6) is -1.16. The molecule has 2 aromatic rings. The van der Waals surface area contributed by atoms with Gasteiger partial charge in [0.15, 0.2) is 0 Å². The fourth-order valence-electron chi connectivity index (χ4n) is 1.57. The van der Waals surface area contributed by atoms with Crippen LogP contribution in [-0.2, 0) is 0 Å². The molecule has 86 valence electrons. The van der Waals surface area contributed by atoms with Gasteiger partial charge in [-0.25, -0.2) is 4.79 Å². The average Bonchev–Trinajstić information content (AvgIpc) is 2.28. The zero-order chi connectivity index (χ0) is 12.4. The lowest BCUT2D eigenvalue weighted by atomic mass is 10.0. The highest BCUT2D eigenvalue weighted by Crippen LogP contribution is 2.27. The molecule has 3 nitrogen and oxygen atoms in total. The van der Waals surface area contributed by atoms with Crippen LogP contribution in [0.1, 0.15) is 10.4 Å². The summed E-state index contributed by atoms with van der Waals surface area (Å²) in [6.45, 7) is 0. The second kappa shape index (κ2) is 4.47. The van der Waals surface area contributed by atoms with Gasteiger partial charge in [-0.05, 0) is 41.5 Å². The van der Waals surface area contributed by atoms with Crippen LogP contribution in [0.4, 0.5) is 0 Å². The van der Waals surface area contributed by atoms with Crippen LogP contribution in [0.5, 0.6) is 5.75 Å². The van der Waals surface area contributed by atoms with Gasteiger partial charge in [0.05, 0.1) is 5.56 Å². The lowest BCUT2D eigenvalue weighted by Crippen LogP contribution is -1.96. The molecular weight excluding hydrogens is 240 g/mol. The number of halogens is 1. The number of aromatic carboxylic acids is 1. The molecular formula is C13H9ClO3. The number of phenolic OH excluding ortho intramolecular Hbond substituents is 1. The molecule has 0 saturated carbocycles. The number of benzene rings is 2. The van der Waals surface area contributed by atoms with E-state index in [0.29, 0.717) is 10.6 Å². The summed E-state index contributed by atoms with van der Waals surface area (Å²) in [7, 11) is 0. The van der Waals surface area contributed by atoms with Crippen LogP contribution < -0.4 is 0 Å². The van der Waals surface area contributed by atoms with Gasteiger partial charge in [-0.15, -0.1) is 0 Å². The van der Waals surface area contributed by atoms with Gasteiger partial charge in [0.1, 0.15) is 5.75 Å². The maximum absolute atomic E-state index is 10.9. The molecule has 0 atom stereocenters. The lowest BCUT2D eigenvalue weighted by molar-refractivity contribution is 0.0696. The second-order valence-corrected chi connectivity index (χ2v) is 4.02. The fraction of sp³-hybridized carbons (Fsp3) is 0. The quantitative estimate of drug-likeness (QED) is 0.856. The molecule has 0 aromatic heterocycles. The Morgan fingerprint density at radius 3 is 2.47 bits per heavy atom. The van der Waals surface area contributed by atoms with Crippen molar-refractivity contribution in [2.75, 3.05) is 0 Å². The van der Waals surface area contributed by atoms with Crippen LogP contribution in [0.2, 0.25) is 5.02 Å². The Morgan fingerprint density at radius 1 is 1.06 bits per heavy atom. The predicted molar refractivity (Wildman–Crippen MR) is 65.5 cm³/mol. The van der Waals surface area contributed by atoms with Crippen molar-refractivity contribution >= 4 is 17.6 Å². The van der Waals surface area contributed by atoms with E-state index >= 15 is 0 Å². The maximum Gasteiger partial charge on any atom is 0.335 e. The summed E-state index contributed by atoms with van der Waals surface area (Å²) < 4.78 is 0. The Labute approximate surface area is 103 Å². The van der Waals surface area contributed by atoms with Crippen molar-refractivity contribution < 1.29 is 15.0 Å². The first-order chi connectivity index (χ1) is 8.06. The molecule has 0 radical (unpaired) electrons. The molecule has 2 N–H and O–H groups in total. The first-order valence-electron chi connectivity index (χ1n) is 4.89. The summed E-state index contributed by atoms with van der Waals surface area (Å²) in [5, 5.41) is 18.9. The van der Waals surface area contributed by atoms with Crippen LogP contribution >= 0.6 is 11.6 Å². The van der Waals surface area contributed by atoms with E-state index in [9.17, 15) is 9.90 Å². The largest absolute Gasteiger partial charge is 0.508 e. The highest BCUT2D eigenvalue weighted by molar-refractivity contribution is 6.30. The highest BCUT2D eigenvalue weighted by Gasteiger charge is 2.08. The normalized spacial score (nSPS) is 10.2. The third-order valence-corrected chi connectivity index (χ3v) is 2.56. The van der Waals surface area contributed by atoms with Gasteiger partial charge in [0.2, 0.25) is 0 Å². The summed E-state index contributed by atoms with van der Waals surface area (Å²) in [5.41, 5.74) is 1.42. The van der Waals surface area contributed by atoms with Crippen LogP contribution in [0.25, 0.3) is 11.1 Å². The van der Waals surface area contributed by atoms with Crippen LogP contribution in [0, 0.1) is 0 Å². The summed E-state index contributed by atoms with van der Waals surface area (Å²) >= 11 is 5.86. The number of carbonyl (C=O) groups is 1. The molecule has 4 heteroatoms. The standard InChI is InChI=1S/C13H9ClO3/c14-11-3-1-2-8(5-11)9-4-10(13(16)17)7-12(15)6-9/h1-7,15H,(H,16,17). The Hall–Kier alpha value is -2.00. The number of hydrogen-bond donors (Lipinski definition) is 2. The van der Waals surface area contributed by atoms with Gasteiger partial charge in [-0.3, -0.25) is 0 Å². The van der Waals surface area contributed by atoms with E-state index < -0.39 is 5.97 Å². The third kappa shape index (κ3) is 2.57. The molecule has 0 aliphatic rings. The molecule has 0 saturated heterocycles. The van der Waals surface area contributed by atoms with Gasteiger partial charge < -0.3 is 10.2 Å². The number of aromatic hydroxyl groups is 1. The van der Waals surface area contributed by atoms with Crippen LogP contribution in [0.3, 0.4) is 0 Å². The summed E-state index contributed by atoms with van der Waals surface area (Å²) in [6, 6.07) is 11.2. The van der Waals surface area contributed by atoms with E-state index in [2.05, 4.69) is 0 Å². The minimum absolute atomic E-state index is 0.0416. The second-order valence-electron chi connectivity index (χ2n) is 3.58. The summed E-state index contributed by atoms with van der Waals surface area (Å²) in [6.07, 6.45) is 0. The van der Waals surface area contributed by atoms with Crippen LogP contribution in [0.15, 0.2) is 42.5 Å². The zero-order valence-electron chi connectivity index (χ0n) is 8.72.